The van der Waals surface area contributed by atoms with Crippen molar-refractivity contribution in [2.45, 2.75) is 37.3 Å². The van der Waals surface area contributed by atoms with Crippen LogP contribution in [-0.2, 0) is 26.6 Å². The number of piperidine rings is 1. The molecule has 2 saturated heterocycles. The normalized spacial score (nSPS) is 15.9. The van der Waals surface area contributed by atoms with Crippen molar-refractivity contribution in [2.24, 2.45) is 5.92 Å². The molecule has 43 heavy (non-hydrogen) atoms. The Hall–Kier alpha value is -3.34. The van der Waals surface area contributed by atoms with Crippen LogP contribution in [0, 0.1) is 5.92 Å². The Balaban J connectivity index is 1.17. The van der Waals surface area contributed by atoms with Crippen molar-refractivity contribution in [3.63, 3.8) is 0 Å². The van der Waals surface area contributed by atoms with E-state index in [-0.39, 0.29) is 17.8 Å². The predicted octanol–water partition coefficient (Wildman–Crippen LogP) is 5.31. The van der Waals surface area contributed by atoms with Crippen molar-refractivity contribution in [3.05, 3.63) is 76.4 Å². The molecule has 0 aliphatic carbocycles. The van der Waals surface area contributed by atoms with E-state index in [1.165, 1.54) is 0 Å². The summed E-state index contributed by atoms with van der Waals surface area (Å²) < 4.78 is 10.5. The van der Waals surface area contributed by atoms with Crippen LogP contribution in [0.5, 0.6) is 0 Å². The number of benzene rings is 2. The average Bonchev–Trinajstić information content (AvgIpc) is 3.04. The number of hydrogen-bond donors (Lipinski definition) is 0. The monoisotopic (exact) mass is 623 g/mol. The van der Waals surface area contributed by atoms with Crippen LogP contribution in [0.2, 0.25) is 5.02 Å². The zero-order valence-electron chi connectivity index (χ0n) is 24.7. The van der Waals surface area contributed by atoms with Crippen LogP contribution in [0.3, 0.4) is 0 Å². The van der Waals surface area contributed by atoms with Gasteiger partial charge in [0, 0.05) is 63.8 Å². The fraction of sp³-hybridized carbons (Fsp3) is 0.438. The number of para-hydroxylation sites is 1. The molecule has 1 amide bonds. The van der Waals surface area contributed by atoms with Gasteiger partial charge in [-0.1, -0.05) is 47.6 Å². The standard InChI is InChI=1S/C32H38ClN5O4S/c1-3-42-31(40)25-12-14-38(15-13-25)30(39)24-10-8-23(9-11-24)22-43-32-34-26(21-41-2)20-29(35-32)37-18-16-36(17-19-37)28-7-5-4-6-27(28)33/h4-11,20,25H,3,12-19,21-22H2,1-2H3. The van der Waals surface area contributed by atoms with Gasteiger partial charge < -0.3 is 24.2 Å². The Bertz CT molecular complexity index is 1390. The quantitative estimate of drug-likeness (QED) is 0.169. The van der Waals surface area contributed by atoms with E-state index in [0.29, 0.717) is 55.6 Å². The van der Waals surface area contributed by atoms with E-state index in [2.05, 4.69) is 15.9 Å². The summed E-state index contributed by atoms with van der Waals surface area (Å²) in [5.74, 6) is 1.30. The van der Waals surface area contributed by atoms with Gasteiger partial charge in [0.05, 0.1) is 35.5 Å². The molecule has 0 radical (unpaired) electrons. The number of thioether (sulfide) groups is 1. The number of amides is 1. The highest BCUT2D eigenvalue weighted by Gasteiger charge is 2.28. The van der Waals surface area contributed by atoms with Gasteiger partial charge in [-0.25, -0.2) is 9.97 Å². The summed E-state index contributed by atoms with van der Waals surface area (Å²) in [4.78, 5) is 41.1. The molecule has 1 aromatic heterocycles. The fourth-order valence-electron chi connectivity index (χ4n) is 5.44. The molecule has 2 aliphatic heterocycles. The summed E-state index contributed by atoms with van der Waals surface area (Å²) in [7, 11) is 1.67. The zero-order valence-corrected chi connectivity index (χ0v) is 26.3. The molecule has 5 rings (SSSR count). The number of carbonyl (C=O) groups excluding carboxylic acids is 2. The third kappa shape index (κ3) is 7.99. The third-order valence-electron chi connectivity index (χ3n) is 7.81. The van der Waals surface area contributed by atoms with Gasteiger partial charge in [0.2, 0.25) is 0 Å². The van der Waals surface area contributed by atoms with E-state index in [9.17, 15) is 9.59 Å². The molecule has 2 aromatic carbocycles. The topological polar surface area (TPSA) is 88.1 Å². The van der Waals surface area contributed by atoms with Gasteiger partial charge in [0.15, 0.2) is 5.16 Å². The van der Waals surface area contributed by atoms with Gasteiger partial charge in [0.1, 0.15) is 5.82 Å². The SMILES string of the molecule is CCOC(=O)C1CCN(C(=O)c2ccc(CSc3nc(COC)cc(N4CCN(c5ccccc5Cl)CC4)n3)cc2)CC1. The molecule has 0 N–H and O–H groups in total. The molecule has 0 bridgehead atoms. The second kappa shape index (κ2) is 14.9. The second-order valence-electron chi connectivity index (χ2n) is 10.7. The Labute approximate surface area is 262 Å². The first-order chi connectivity index (χ1) is 20.9. The van der Waals surface area contributed by atoms with E-state index >= 15 is 0 Å². The van der Waals surface area contributed by atoms with Crippen LogP contribution in [0.15, 0.2) is 59.8 Å². The first-order valence-electron chi connectivity index (χ1n) is 14.7. The average molecular weight is 624 g/mol. The van der Waals surface area contributed by atoms with Crippen LogP contribution in [0.4, 0.5) is 11.5 Å². The Morgan fingerprint density at radius 3 is 2.33 bits per heavy atom. The highest BCUT2D eigenvalue weighted by Crippen LogP contribution is 2.29. The Morgan fingerprint density at radius 2 is 1.65 bits per heavy atom. The minimum absolute atomic E-state index is 0.00335. The van der Waals surface area contributed by atoms with Gasteiger partial charge in [-0.05, 0) is 49.6 Å². The van der Waals surface area contributed by atoms with E-state index in [4.69, 9.17) is 31.0 Å². The Morgan fingerprint density at radius 1 is 0.953 bits per heavy atom. The van der Waals surface area contributed by atoms with Crippen LogP contribution in [-0.4, -0.2) is 79.7 Å². The number of aromatic nitrogens is 2. The first-order valence-corrected chi connectivity index (χ1v) is 16.1. The maximum atomic E-state index is 13.1. The molecule has 3 aromatic rings. The second-order valence-corrected chi connectivity index (χ2v) is 12.0. The van der Waals surface area contributed by atoms with E-state index in [0.717, 1.165) is 54.0 Å². The molecule has 9 nitrogen and oxygen atoms in total. The first kappa shape index (κ1) is 31.1. The lowest BCUT2D eigenvalue weighted by atomic mass is 9.96. The number of hydrogen-bond acceptors (Lipinski definition) is 9. The highest BCUT2D eigenvalue weighted by atomic mass is 35.5. The minimum Gasteiger partial charge on any atom is -0.466 e. The summed E-state index contributed by atoms with van der Waals surface area (Å²) in [6.07, 6.45) is 1.28. The lowest BCUT2D eigenvalue weighted by Gasteiger charge is -2.37. The maximum absolute atomic E-state index is 13.1. The molecule has 3 heterocycles. The van der Waals surface area contributed by atoms with Crippen molar-refractivity contribution >= 4 is 46.7 Å². The third-order valence-corrected chi connectivity index (χ3v) is 9.04. The molecule has 0 saturated carbocycles. The highest BCUT2D eigenvalue weighted by molar-refractivity contribution is 7.98. The molecule has 11 heteroatoms. The number of nitrogens with zero attached hydrogens (tertiary/aromatic N) is 5. The number of rotatable bonds is 10. The molecule has 0 spiro atoms. The number of methoxy groups -OCH3 is 1. The van der Waals surface area contributed by atoms with Gasteiger partial charge in [-0.15, -0.1) is 0 Å². The number of piperazine rings is 1. The summed E-state index contributed by atoms with van der Waals surface area (Å²) in [5.41, 5.74) is 3.64. The predicted molar refractivity (Wildman–Crippen MR) is 170 cm³/mol. The molecule has 228 valence electrons. The van der Waals surface area contributed by atoms with Gasteiger partial charge in [-0.2, -0.15) is 0 Å². The van der Waals surface area contributed by atoms with Crippen molar-refractivity contribution in [1.82, 2.24) is 14.9 Å². The number of esters is 1. The maximum Gasteiger partial charge on any atom is 0.309 e. The number of ether oxygens (including phenoxy) is 2. The summed E-state index contributed by atoms with van der Waals surface area (Å²) in [5, 5.41) is 1.47. The van der Waals surface area contributed by atoms with Gasteiger partial charge >= 0.3 is 5.97 Å². The zero-order chi connectivity index (χ0) is 30.2. The number of anilines is 2. The van der Waals surface area contributed by atoms with E-state index < -0.39 is 0 Å². The number of likely N-dealkylation sites (tertiary alicyclic amines) is 1. The van der Waals surface area contributed by atoms with Crippen molar-refractivity contribution < 1.29 is 19.1 Å². The van der Waals surface area contributed by atoms with Crippen molar-refractivity contribution in [3.8, 4) is 0 Å². The van der Waals surface area contributed by atoms with Crippen LogP contribution >= 0.6 is 23.4 Å². The molecule has 2 aliphatic rings. The van der Waals surface area contributed by atoms with Gasteiger partial charge in [-0.3, -0.25) is 9.59 Å². The summed E-state index contributed by atoms with van der Waals surface area (Å²) in [6, 6.07) is 17.7. The van der Waals surface area contributed by atoms with Crippen LogP contribution < -0.4 is 9.80 Å². The Kier molecular flexibility index (Phi) is 10.8. The molecule has 0 atom stereocenters. The number of carbonyl (C=O) groups is 2. The lowest BCUT2D eigenvalue weighted by Crippen LogP contribution is -2.47. The van der Waals surface area contributed by atoms with Crippen LogP contribution in [0.25, 0.3) is 0 Å². The lowest BCUT2D eigenvalue weighted by molar-refractivity contribution is -0.149. The van der Waals surface area contributed by atoms with E-state index in [1.54, 1.807) is 18.9 Å². The minimum atomic E-state index is -0.156. The smallest absolute Gasteiger partial charge is 0.309 e. The largest absolute Gasteiger partial charge is 0.466 e. The van der Waals surface area contributed by atoms with E-state index in [1.807, 2.05) is 60.4 Å². The van der Waals surface area contributed by atoms with Gasteiger partial charge in [0.25, 0.3) is 5.91 Å². The molecular formula is C32H38ClN5O4S. The summed E-state index contributed by atoms with van der Waals surface area (Å²) in [6.45, 7) is 7.10. The molecule has 0 unspecified atom stereocenters. The van der Waals surface area contributed by atoms with Crippen LogP contribution in [0.1, 0.15) is 41.4 Å². The van der Waals surface area contributed by atoms with Crippen molar-refractivity contribution in [1.29, 1.82) is 0 Å². The molecular weight excluding hydrogens is 586 g/mol. The number of halogens is 1. The fourth-order valence-corrected chi connectivity index (χ4v) is 6.53. The summed E-state index contributed by atoms with van der Waals surface area (Å²) >= 11 is 8.00. The molecule has 2 fully saturated rings. The van der Waals surface area contributed by atoms with Crippen molar-refractivity contribution in [2.75, 3.05) is 62.8 Å².